The van der Waals surface area contributed by atoms with Crippen LogP contribution in [0.15, 0.2) is 42.6 Å². The molecule has 0 aliphatic heterocycles. The zero-order valence-electron chi connectivity index (χ0n) is 14.1. The summed E-state index contributed by atoms with van der Waals surface area (Å²) in [5.74, 6) is 0.542. The molecule has 1 atom stereocenters. The molecule has 1 aromatic carbocycles. The molecule has 0 fully saturated rings. The number of nitrogen functional groups attached to an aromatic ring is 1. The van der Waals surface area contributed by atoms with Crippen LogP contribution in [0.2, 0.25) is 13.1 Å². The Labute approximate surface area is 135 Å². The van der Waals surface area contributed by atoms with Crippen LogP contribution in [-0.2, 0) is 4.43 Å². The molecule has 0 aliphatic carbocycles. The minimum absolute atomic E-state index is 0.0555. The molecule has 1 aromatic heterocycles. The molecule has 0 spiro atoms. The maximum Gasteiger partial charge on any atom is 0.205 e. The molecule has 4 heteroatoms. The quantitative estimate of drug-likeness (QED) is 0.833. The highest BCUT2D eigenvalue weighted by atomic mass is 28.3. The third-order valence-corrected chi connectivity index (χ3v) is 4.16. The molecule has 0 saturated heterocycles. The molecule has 1 radical (unpaired) electrons. The van der Waals surface area contributed by atoms with Crippen LogP contribution in [0.5, 0.6) is 0 Å². The predicted molar refractivity (Wildman–Crippen MR) is 94.8 cm³/mol. The summed E-state index contributed by atoms with van der Waals surface area (Å²) in [5, 5.41) is 0. The number of aromatic nitrogens is 1. The first-order valence-electron chi connectivity index (χ1n) is 7.56. The summed E-state index contributed by atoms with van der Waals surface area (Å²) in [6.07, 6.45) is 1.91. The highest BCUT2D eigenvalue weighted by Crippen LogP contribution is 2.37. The number of hydrogen-bond donors (Lipinski definition) is 1. The van der Waals surface area contributed by atoms with Crippen LogP contribution in [0.3, 0.4) is 0 Å². The molecule has 1 unspecified atom stereocenters. The number of nitrogens with two attached hydrogens (primary N) is 1. The van der Waals surface area contributed by atoms with E-state index in [1.165, 1.54) is 5.56 Å². The summed E-state index contributed by atoms with van der Waals surface area (Å²) in [4.78, 5) is 4.18. The van der Waals surface area contributed by atoms with Gasteiger partial charge < -0.3 is 10.2 Å². The first-order valence-corrected chi connectivity index (χ1v) is 9.97. The van der Waals surface area contributed by atoms with Gasteiger partial charge in [-0.25, -0.2) is 4.98 Å². The average molecular weight is 313 g/mol. The van der Waals surface area contributed by atoms with E-state index in [0.717, 1.165) is 11.1 Å². The molecule has 1 heterocycles. The van der Waals surface area contributed by atoms with Gasteiger partial charge in [-0.2, -0.15) is 0 Å². The van der Waals surface area contributed by atoms with E-state index >= 15 is 0 Å². The summed E-state index contributed by atoms with van der Waals surface area (Å²) in [6.45, 7) is 11.0. The number of benzene rings is 1. The summed E-state index contributed by atoms with van der Waals surface area (Å²) < 4.78 is 6.28. The molecule has 0 aliphatic rings. The fourth-order valence-corrected chi connectivity index (χ4v) is 3.40. The van der Waals surface area contributed by atoms with Crippen LogP contribution in [0.1, 0.15) is 32.4 Å². The second-order valence-corrected chi connectivity index (χ2v) is 8.92. The van der Waals surface area contributed by atoms with Crippen molar-refractivity contribution in [2.24, 2.45) is 5.41 Å². The summed E-state index contributed by atoms with van der Waals surface area (Å²) in [6, 6.07) is 12.4. The Morgan fingerprint density at radius 3 is 2.36 bits per heavy atom. The monoisotopic (exact) mass is 313 g/mol. The standard InChI is InChI=1S/C18H25N2OSi/c1-18(2,3)17(21-22(4)5)14-8-6-7-13(11-14)15-9-10-16(19)20-12-15/h6-12,17H,1-5H3,(H2,19,20). The molecule has 22 heavy (non-hydrogen) atoms. The second kappa shape index (κ2) is 6.63. The van der Waals surface area contributed by atoms with E-state index in [1.807, 2.05) is 18.3 Å². The molecular formula is C18H25N2OSi. The van der Waals surface area contributed by atoms with Gasteiger partial charge in [0.05, 0.1) is 6.10 Å². The smallest absolute Gasteiger partial charge is 0.205 e. The molecule has 0 bridgehead atoms. The first-order chi connectivity index (χ1) is 10.3. The molecule has 0 amide bonds. The lowest BCUT2D eigenvalue weighted by molar-refractivity contribution is 0.0866. The zero-order valence-corrected chi connectivity index (χ0v) is 15.1. The van der Waals surface area contributed by atoms with Crippen LogP contribution in [0.25, 0.3) is 11.1 Å². The highest BCUT2D eigenvalue weighted by Gasteiger charge is 2.28. The van der Waals surface area contributed by atoms with Crippen molar-refractivity contribution in [3.63, 3.8) is 0 Å². The first kappa shape index (κ1) is 16.7. The van der Waals surface area contributed by atoms with Gasteiger partial charge >= 0.3 is 0 Å². The van der Waals surface area contributed by atoms with Crippen molar-refractivity contribution in [2.45, 2.75) is 40.0 Å². The van der Waals surface area contributed by atoms with Gasteiger partial charge in [-0.15, -0.1) is 0 Å². The summed E-state index contributed by atoms with van der Waals surface area (Å²) >= 11 is 0. The maximum absolute atomic E-state index is 6.28. The molecule has 2 aromatic rings. The van der Waals surface area contributed by atoms with Crippen LogP contribution < -0.4 is 5.73 Å². The molecule has 117 valence electrons. The van der Waals surface area contributed by atoms with Crippen LogP contribution >= 0.6 is 0 Å². The molecule has 2 N–H and O–H groups in total. The van der Waals surface area contributed by atoms with Gasteiger partial charge in [0, 0.05) is 11.8 Å². The normalized spacial score (nSPS) is 13.4. The van der Waals surface area contributed by atoms with Gasteiger partial charge in [-0.3, -0.25) is 0 Å². The van der Waals surface area contributed by atoms with Crippen molar-refractivity contribution in [1.82, 2.24) is 4.98 Å². The number of hydrogen-bond acceptors (Lipinski definition) is 3. The Balaban J connectivity index is 2.39. The van der Waals surface area contributed by atoms with Gasteiger partial charge in [0.2, 0.25) is 9.04 Å². The van der Waals surface area contributed by atoms with E-state index in [-0.39, 0.29) is 11.5 Å². The van der Waals surface area contributed by atoms with Crippen molar-refractivity contribution >= 4 is 14.9 Å². The van der Waals surface area contributed by atoms with Crippen molar-refractivity contribution < 1.29 is 4.43 Å². The Hall–Kier alpha value is -1.65. The van der Waals surface area contributed by atoms with E-state index in [4.69, 9.17) is 10.2 Å². The van der Waals surface area contributed by atoms with Crippen molar-refractivity contribution in [3.8, 4) is 11.1 Å². The van der Waals surface area contributed by atoms with Crippen LogP contribution in [-0.4, -0.2) is 14.0 Å². The van der Waals surface area contributed by atoms with Gasteiger partial charge in [0.1, 0.15) is 5.82 Å². The summed E-state index contributed by atoms with van der Waals surface area (Å²) in [7, 11) is -0.774. The minimum atomic E-state index is -0.774. The lowest BCUT2D eigenvalue weighted by Gasteiger charge is -2.33. The van der Waals surface area contributed by atoms with Crippen molar-refractivity contribution in [2.75, 3.05) is 5.73 Å². The molecule has 0 saturated carbocycles. The van der Waals surface area contributed by atoms with Crippen LogP contribution in [0.4, 0.5) is 5.82 Å². The van der Waals surface area contributed by atoms with Gasteiger partial charge in [0.15, 0.2) is 0 Å². The lowest BCUT2D eigenvalue weighted by Crippen LogP contribution is -2.25. The van der Waals surface area contributed by atoms with Gasteiger partial charge in [0.25, 0.3) is 0 Å². The Morgan fingerprint density at radius 1 is 1.09 bits per heavy atom. The molecular weight excluding hydrogens is 288 g/mol. The Kier molecular flexibility index (Phi) is 5.03. The number of pyridine rings is 1. The molecule has 3 nitrogen and oxygen atoms in total. The summed E-state index contributed by atoms with van der Waals surface area (Å²) in [5.41, 5.74) is 9.15. The number of rotatable bonds is 4. The lowest BCUT2D eigenvalue weighted by atomic mass is 9.84. The fraction of sp³-hybridized carbons (Fsp3) is 0.389. The highest BCUT2D eigenvalue weighted by molar-refractivity contribution is 6.48. The Bertz CT molecular complexity index is 618. The van der Waals surface area contributed by atoms with E-state index in [9.17, 15) is 0 Å². The molecule has 2 rings (SSSR count). The minimum Gasteiger partial charge on any atom is -0.410 e. The van der Waals surface area contributed by atoms with Crippen LogP contribution in [0, 0.1) is 5.41 Å². The Morgan fingerprint density at radius 2 is 1.82 bits per heavy atom. The van der Waals surface area contributed by atoms with Crippen molar-refractivity contribution in [1.29, 1.82) is 0 Å². The van der Waals surface area contributed by atoms with Gasteiger partial charge in [-0.1, -0.05) is 39.0 Å². The largest absolute Gasteiger partial charge is 0.410 e. The maximum atomic E-state index is 6.28. The zero-order chi connectivity index (χ0) is 16.3. The number of anilines is 1. The topological polar surface area (TPSA) is 48.1 Å². The number of nitrogens with zero attached hydrogens (tertiary/aromatic N) is 1. The van der Waals surface area contributed by atoms with Gasteiger partial charge in [-0.05, 0) is 47.8 Å². The average Bonchev–Trinajstić information content (AvgIpc) is 2.44. The van der Waals surface area contributed by atoms with E-state index < -0.39 is 9.04 Å². The van der Waals surface area contributed by atoms with E-state index in [0.29, 0.717) is 5.82 Å². The van der Waals surface area contributed by atoms with E-state index in [2.05, 4.69) is 63.1 Å². The SMILES string of the molecule is C[Si](C)OC(c1cccc(-c2ccc(N)nc2)c1)C(C)(C)C. The van der Waals surface area contributed by atoms with Crippen molar-refractivity contribution in [3.05, 3.63) is 48.2 Å². The fourth-order valence-electron chi connectivity index (χ4n) is 2.44. The van der Waals surface area contributed by atoms with E-state index in [1.54, 1.807) is 0 Å². The third kappa shape index (κ3) is 4.18. The third-order valence-electron chi connectivity index (χ3n) is 3.45. The second-order valence-electron chi connectivity index (χ2n) is 6.87. The predicted octanol–water partition coefficient (Wildman–Crippen LogP) is 4.69.